The Kier molecular flexibility index (Phi) is 2.37. The maximum Gasteiger partial charge on any atom is 0.123 e. The van der Waals surface area contributed by atoms with Gasteiger partial charge in [-0.15, -0.1) is 0 Å². The summed E-state index contributed by atoms with van der Waals surface area (Å²) in [6.45, 7) is 0.638. The highest BCUT2D eigenvalue weighted by molar-refractivity contribution is 5.88. The minimum Gasteiger partial charge on any atom is -0.507 e. The highest BCUT2D eigenvalue weighted by atomic mass is 16.3. The molecular formula is C12H13NO. The molecule has 0 saturated carbocycles. The van der Waals surface area contributed by atoms with Crippen molar-refractivity contribution in [2.45, 2.75) is 6.42 Å². The fourth-order valence-electron chi connectivity index (χ4n) is 1.63. The van der Waals surface area contributed by atoms with Crippen LogP contribution in [-0.4, -0.2) is 11.7 Å². The number of hydrogen-bond acceptors (Lipinski definition) is 2. The summed E-state index contributed by atoms with van der Waals surface area (Å²) in [5.41, 5.74) is 6.65. The second-order valence-corrected chi connectivity index (χ2v) is 3.37. The van der Waals surface area contributed by atoms with E-state index in [4.69, 9.17) is 5.73 Å². The third-order valence-electron chi connectivity index (χ3n) is 2.36. The maximum absolute atomic E-state index is 9.63. The summed E-state index contributed by atoms with van der Waals surface area (Å²) >= 11 is 0. The molecule has 72 valence electrons. The first kappa shape index (κ1) is 9.03. The van der Waals surface area contributed by atoms with E-state index in [0.29, 0.717) is 12.3 Å². The molecule has 0 unspecified atom stereocenters. The monoisotopic (exact) mass is 187 g/mol. The van der Waals surface area contributed by atoms with Crippen LogP contribution in [0.25, 0.3) is 10.8 Å². The van der Waals surface area contributed by atoms with Crippen molar-refractivity contribution in [3.05, 3.63) is 42.0 Å². The normalized spacial score (nSPS) is 10.6. The van der Waals surface area contributed by atoms with Gasteiger partial charge >= 0.3 is 0 Å². The van der Waals surface area contributed by atoms with Gasteiger partial charge in [-0.1, -0.05) is 24.3 Å². The molecule has 2 aromatic carbocycles. The van der Waals surface area contributed by atoms with Gasteiger partial charge in [-0.3, -0.25) is 0 Å². The highest BCUT2D eigenvalue weighted by Crippen LogP contribution is 2.25. The van der Waals surface area contributed by atoms with Gasteiger partial charge in [-0.2, -0.15) is 0 Å². The summed E-state index contributed by atoms with van der Waals surface area (Å²) in [7, 11) is 0. The zero-order valence-electron chi connectivity index (χ0n) is 7.90. The van der Waals surface area contributed by atoms with Crippen molar-refractivity contribution in [3.8, 4) is 5.75 Å². The lowest BCUT2D eigenvalue weighted by Gasteiger charge is -2.03. The number of benzene rings is 2. The first-order valence-corrected chi connectivity index (χ1v) is 4.72. The van der Waals surface area contributed by atoms with E-state index in [-0.39, 0.29) is 0 Å². The standard InChI is InChI=1S/C12H13NO/c13-7-6-9-4-5-10-2-1-3-12(14)11(10)8-9/h1-5,8,14H,6-7,13H2. The molecule has 2 heteroatoms. The summed E-state index contributed by atoms with van der Waals surface area (Å²) in [4.78, 5) is 0. The molecule has 0 heterocycles. The molecule has 2 aromatic rings. The van der Waals surface area contributed by atoms with E-state index in [1.807, 2.05) is 24.3 Å². The Hall–Kier alpha value is -1.54. The van der Waals surface area contributed by atoms with Crippen LogP contribution < -0.4 is 5.73 Å². The molecule has 0 atom stereocenters. The summed E-state index contributed by atoms with van der Waals surface area (Å²) in [6.07, 6.45) is 0.851. The van der Waals surface area contributed by atoms with Crippen molar-refractivity contribution in [3.63, 3.8) is 0 Å². The first-order valence-electron chi connectivity index (χ1n) is 4.72. The molecule has 0 fully saturated rings. The van der Waals surface area contributed by atoms with Gasteiger partial charge in [-0.25, -0.2) is 0 Å². The predicted octanol–water partition coefficient (Wildman–Crippen LogP) is 2.05. The van der Waals surface area contributed by atoms with E-state index in [1.165, 1.54) is 5.56 Å². The van der Waals surface area contributed by atoms with E-state index in [1.54, 1.807) is 6.07 Å². The highest BCUT2D eigenvalue weighted by Gasteiger charge is 1.99. The smallest absolute Gasteiger partial charge is 0.123 e. The van der Waals surface area contributed by atoms with Crippen LogP contribution in [0.1, 0.15) is 5.56 Å². The average molecular weight is 187 g/mol. The van der Waals surface area contributed by atoms with Crippen molar-refractivity contribution in [1.29, 1.82) is 0 Å². The first-order chi connectivity index (χ1) is 6.81. The lowest BCUT2D eigenvalue weighted by Crippen LogP contribution is -2.02. The van der Waals surface area contributed by atoms with Crippen LogP contribution >= 0.6 is 0 Å². The van der Waals surface area contributed by atoms with Crippen molar-refractivity contribution in [2.24, 2.45) is 5.73 Å². The van der Waals surface area contributed by atoms with Gasteiger partial charge < -0.3 is 10.8 Å². The van der Waals surface area contributed by atoms with Crippen LogP contribution in [0.2, 0.25) is 0 Å². The Morgan fingerprint density at radius 2 is 2.00 bits per heavy atom. The molecular weight excluding hydrogens is 174 g/mol. The van der Waals surface area contributed by atoms with Gasteiger partial charge in [0.2, 0.25) is 0 Å². The molecule has 2 nitrogen and oxygen atoms in total. The molecule has 0 aliphatic carbocycles. The van der Waals surface area contributed by atoms with Crippen molar-refractivity contribution in [1.82, 2.24) is 0 Å². The predicted molar refractivity (Wildman–Crippen MR) is 58.4 cm³/mol. The van der Waals surface area contributed by atoms with Gasteiger partial charge in [0.25, 0.3) is 0 Å². The fraction of sp³-hybridized carbons (Fsp3) is 0.167. The van der Waals surface area contributed by atoms with Crippen molar-refractivity contribution in [2.75, 3.05) is 6.54 Å². The molecule has 3 N–H and O–H groups in total. The van der Waals surface area contributed by atoms with Crippen molar-refractivity contribution >= 4 is 10.8 Å². The Morgan fingerprint density at radius 1 is 1.14 bits per heavy atom. The summed E-state index contributed by atoms with van der Waals surface area (Å²) < 4.78 is 0. The molecule has 0 aliphatic rings. The Balaban J connectivity index is 2.58. The van der Waals surface area contributed by atoms with E-state index in [0.717, 1.165) is 17.2 Å². The number of hydrogen-bond donors (Lipinski definition) is 2. The molecule has 2 rings (SSSR count). The van der Waals surface area contributed by atoms with E-state index in [2.05, 4.69) is 6.07 Å². The summed E-state index contributed by atoms with van der Waals surface area (Å²) in [6, 6.07) is 11.6. The quantitative estimate of drug-likeness (QED) is 0.755. The second kappa shape index (κ2) is 3.68. The van der Waals surface area contributed by atoms with Gasteiger partial charge in [0.1, 0.15) is 5.75 Å². The zero-order valence-corrected chi connectivity index (χ0v) is 7.90. The summed E-state index contributed by atoms with van der Waals surface area (Å²) in [5.74, 6) is 0.335. The van der Waals surface area contributed by atoms with Crippen LogP contribution in [0.3, 0.4) is 0 Å². The number of nitrogens with two attached hydrogens (primary N) is 1. The largest absolute Gasteiger partial charge is 0.507 e. The topological polar surface area (TPSA) is 46.2 Å². The molecule has 0 amide bonds. The van der Waals surface area contributed by atoms with Crippen LogP contribution in [0, 0.1) is 0 Å². The van der Waals surface area contributed by atoms with Crippen LogP contribution in [0.5, 0.6) is 5.75 Å². The van der Waals surface area contributed by atoms with Gasteiger partial charge in [0, 0.05) is 5.39 Å². The molecule has 0 aromatic heterocycles. The SMILES string of the molecule is NCCc1ccc2cccc(O)c2c1. The van der Waals surface area contributed by atoms with E-state index in [9.17, 15) is 5.11 Å². The van der Waals surface area contributed by atoms with E-state index < -0.39 is 0 Å². The van der Waals surface area contributed by atoms with Crippen LogP contribution in [-0.2, 0) is 6.42 Å². The maximum atomic E-state index is 9.63. The number of fused-ring (bicyclic) bond motifs is 1. The van der Waals surface area contributed by atoms with Crippen LogP contribution in [0.15, 0.2) is 36.4 Å². The minimum atomic E-state index is 0.335. The van der Waals surface area contributed by atoms with Gasteiger partial charge in [-0.05, 0) is 36.0 Å². The van der Waals surface area contributed by atoms with Crippen LogP contribution in [0.4, 0.5) is 0 Å². The third kappa shape index (κ3) is 1.56. The molecule has 0 aliphatic heterocycles. The zero-order chi connectivity index (χ0) is 9.97. The lowest BCUT2D eigenvalue weighted by atomic mass is 10.0. The number of rotatable bonds is 2. The number of phenolic OH excluding ortho intramolecular Hbond substituents is 1. The Bertz CT molecular complexity index is 451. The number of aromatic hydroxyl groups is 1. The molecule has 0 bridgehead atoms. The van der Waals surface area contributed by atoms with Crippen molar-refractivity contribution < 1.29 is 5.11 Å². The fourth-order valence-corrected chi connectivity index (χ4v) is 1.63. The second-order valence-electron chi connectivity index (χ2n) is 3.37. The third-order valence-corrected chi connectivity index (χ3v) is 2.36. The van der Waals surface area contributed by atoms with Gasteiger partial charge in [0.05, 0.1) is 0 Å². The number of phenols is 1. The minimum absolute atomic E-state index is 0.335. The van der Waals surface area contributed by atoms with Gasteiger partial charge in [0.15, 0.2) is 0 Å². The average Bonchev–Trinajstić information content (AvgIpc) is 2.20. The lowest BCUT2D eigenvalue weighted by molar-refractivity contribution is 0.481. The molecule has 0 saturated heterocycles. The van der Waals surface area contributed by atoms with E-state index >= 15 is 0 Å². The Labute approximate surface area is 83.0 Å². The molecule has 0 spiro atoms. The molecule has 0 radical (unpaired) electrons. The summed E-state index contributed by atoms with van der Waals surface area (Å²) in [5, 5.41) is 11.6. The molecule has 14 heavy (non-hydrogen) atoms. The Morgan fingerprint density at radius 3 is 2.79 bits per heavy atom.